The lowest BCUT2D eigenvalue weighted by molar-refractivity contribution is 0.260. The van der Waals surface area contributed by atoms with Crippen molar-refractivity contribution < 1.29 is 4.74 Å². The molecule has 0 N–H and O–H groups in total. The van der Waals surface area contributed by atoms with E-state index in [0.717, 1.165) is 31.0 Å². The second kappa shape index (κ2) is 5.63. The van der Waals surface area contributed by atoms with Crippen LogP contribution in [0, 0.1) is 5.92 Å². The topological polar surface area (TPSA) is 21.6 Å². The van der Waals surface area contributed by atoms with Crippen molar-refractivity contribution in [1.29, 1.82) is 0 Å². The second-order valence-corrected chi connectivity index (χ2v) is 3.98. The van der Waals surface area contributed by atoms with Crippen LogP contribution in [-0.2, 0) is 4.74 Å². The van der Waals surface area contributed by atoms with Crippen LogP contribution in [0.15, 0.2) is 28.9 Å². The predicted octanol–water partition coefficient (Wildman–Crippen LogP) is 3.31. The molecule has 14 heavy (non-hydrogen) atoms. The molecule has 0 spiro atoms. The minimum absolute atomic E-state index is 0.542. The molecule has 1 aliphatic heterocycles. The molecule has 2 heteroatoms. The van der Waals surface area contributed by atoms with Gasteiger partial charge in [0.05, 0.1) is 6.61 Å². The van der Waals surface area contributed by atoms with Gasteiger partial charge in [0.15, 0.2) is 0 Å². The Kier molecular flexibility index (Phi) is 4.44. The van der Waals surface area contributed by atoms with Gasteiger partial charge in [-0.2, -0.15) is 0 Å². The average molecular weight is 193 g/mol. The minimum atomic E-state index is 0.542. The number of rotatable bonds is 2. The standard InChI is InChI=1S/C12H19NO/c1-10(2)9-14-12-8-6-4-5-7-11(3)13-12/h6-8,10H,4-5,9H2,1-3H3/b8-6+,11-7?,13-12?. The molecule has 0 amide bonds. The van der Waals surface area contributed by atoms with Crippen molar-refractivity contribution in [2.75, 3.05) is 6.61 Å². The molecule has 0 aromatic rings. The monoisotopic (exact) mass is 193 g/mol. The predicted molar refractivity (Wildman–Crippen MR) is 60.4 cm³/mol. The van der Waals surface area contributed by atoms with Gasteiger partial charge in [0.1, 0.15) is 0 Å². The Morgan fingerprint density at radius 1 is 1.43 bits per heavy atom. The van der Waals surface area contributed by atoms with Gasteiger partial charge in [0.2, 0.25) is 5.90 Å². The van der Waals surface area contributed by atoms with Crippen LogP contribution in [-0.4, -0.2) is 12.5 Å². The number of allylic oxidation sites excluding steroid dienone is 3. The Balaban J connectivity index is 2.59. The van der Waals surface area contributed by atoms with E-state index < -0.39 is 0 Å². The first-order valence-electron chi connectivity index (χ1n) is 5.23. The SMILES string of the molecule is CC1=CCC/C=C/C(OCC(C)C)=N1. The van der Waals surface area contributed by atoms with Gasteiger partial charge in [-0.1, -0.05) is 26.0 Å². The summed E-state index contributed by atoms with van der Waals surface area (Å²) in [5, 5.41) is 0. The first kappa shape index (κ1) is 11.0. The van der Waals surface area contributed by atoms with Gasteiger partial charge < -0.3 is 4.74 Å². The van der Waals surface area contributed by atoms with E-state index in [-0.39, 0.29) is 0 Å². The van der Waals surface area contributed by atoms with Gasteiger partial charge in [-0.3, -0.25) is 0 Å². The van der Waals surface area contributed by atoms with Crippen molar-refractivity contribution in [2.24, 2.45) is 10.9 Å². The van der Waals surface area contributed by atoms with Crippen LogP contribution in [0.1, 0.15) is 33.6 Å². The number of nitrogens with zero attached hydrogens (tertiary/aromatic N) is 1. The molecule has 0 unspecified atom stereocenters. The summed E-state index contributed by atoms with van der Waals surface area (Å²) >= 11 is 0. The van der Waals surface area contributed by atoms with Crippen molar-refractivity contribution in [3.63, 3.8) is 0 Å². The smallest absolute Gasteiger partial charge is 0.213 e. The fraction of sp³-hybridized carbons (Fsp3) is 0.583. The lowest BCUT2D eigenvalue weighted by Gasteiger charge is -2.09. The fourth-order valence-electron chi connectivity index (χ4n) is 1.16. The largest absolute Gasteiger partial charge is 0.477 e. The van der Waals surface area contributed by atoms with Crippen molar-refractivity contribution in [2.45, 2.75) is 33.6 Å². The summed E-state index contributed by atoms with van der Waals surface area (Å²) in [5.74, 6) is 1.29. The molecule has 0 aromatic carbocycles. The molecule has 1 heterocycles. The van der Waals surface area contributed by atoms with E-state index in [2.05, 4.69) is 31.0 Å². The highest BCUT2D eigenvalue weighted by Gasteiger charge is 2.00. The van der Waals surface area contributed by atoms with E-state index in [1.165, 1.54) is 0 Å². The first-order valence-corrected chi connectivity index (χ1v) is 5.23. The highest BCUT2D eigenvalue weighted by atomic mass is 16.5. The van der Waals surface area contributed by atoms with Crippen LogP contribution >= 0.6 is 0 Å². The van der Waals surface area contributed by atoms with E-state index >= 15 is 0 Å². The lowest BCUT2D eigenvalue weighted by Crippen LogP contribution is -2.08. The molecule has 1 aliphatic rings. The van der Waals surface area contributed by atoms with Crippen LogP contribution in [0.25, 0.3) is 0 Å². The third kappa shape index (κ3) is 4.26. The fourth-order valence-corrected chi connectivity index (χ4v) is 1.16. The van der Waals surface area contributed by atoms with Crippen molar-refractivity contribution in [3.8, 4) is 0 Å². The Bertz CT molecular complexity index is 261. The lowest BCUT2D eigenvalue weighted by atomic mass is 10.2. The van der Waals surface area contributed by atoms with Crippen LogP contribution in [0.4, 0.5) is 0 Å². The van der Waals surface area contributed by atoms with Crippen LogP contribution in [0.3, 0.4) is 0 Å². The minimum Gasteiger partial charge on any atom is -0.477 e. The normalized spacial score (nSPS) is 19.4. The third-order valence-electron chi connectivity index (χ3n) is 1.88. The second-order valence-electron chi connectivity index (χ2n) is 3.98. The average Bonchev–Trinajstić information content (AvgIpc) is 2.08. The van der Waals surface area contributed by atoms with Crippen molar-refractivity contribution in [3.05, 3.63) is 23.9 Å². The van der Waals surface area contributed by atoms with Crippen LogP contribution in [0.2, 0.25) is 0 Å². The zero-order valence-corrected chi connectivity index (χ0v) is 9.29. The Morgan fingerprint density at radius 2 is 2.21 bits per heavy atom. The molecule has 0 bridgehead atoms. The first-order chi connectivity index (χ1) is 6.68. The van der Waals surface area contributed by atoms with E-state index in [4.69, 9.17) is 4.74 Å². The van der Waals surface area contributed by atoms with Crippen LogP contribution < -0.4 is 0 Å². The Hall–Kier alpha value is -1.05. The summed E-state index contributed by atoms with van der Waals surface area (Å²) in [7, 11) is 0. The number of hydrogen-bond acceptors (Lipinski definition) is 2. The number of aliphatic imine (C=N–C) groups is 1. The highest BCUT2D eigenvalue weighted by Crippen LogP contribution is 2.07. The maximum Gasteiger partial charge on any atom is 0.213 e. The molecular weight excluding hydrogens is 174 g/mol. The van der Waals surface area contributed by atoms with Gasteiger partial charge in [-0.05, 0) is 31.8 Å². The molecule has 0 radical (unpaired) electrons. The summed E-state index contributed by atoms with van der Waals surface area (Å²) in [6.45, 7) is 7.01. The van der Waals surface area contributed by atoms with Gasteiger partial charge in [-0.25, -0.2) is 4.99 Å². The van der Waals surface area contributed by atoms with Crippen LogP contribution in [0.5, 0.6) is 0 Å². The van der Waals surface area contributed by atoms with E-state index in [0.29, 0.717) is 5.92 Å². The van der Waals surface area contributed by atoms with Crippen molar-refractivity contribution in [1.82, 2.24) is 0 Å². The molecular formula is C12H19NO. The Labute approximate surface area is 86.4 Å². The van der Waals surface area contributed by atoms with E-state index in [1.807, 2.05) is 13.0 Å². The molecule has 0 atom stereocenters. The summed E-state index contributed by atoms with van der Waals surface area (Å²) in [6, 6.07) is 0. The van der Waals surface area contributed by atoms with E-state index in [9.17, 15) is 0 Å². The number of ether oxygens (including phenoxy) is 1. The summed E-state index contributed by atoms with van der Waals surface area (Å²) in [4.78, 5) is 4.38. The van der Waals surface area contributed by atoms with Gasteiger partial charge in [0, 0.05) is 5.70 Å². The number of hydrogen-bond donors (Lipinski definition) is 0. The maximum absolute atomic E-state index is 5.57. The summed E-state index contributed by atoms with van der Waals surface area (Å²) < 4.78 is 5.57. The van der Waals surface area contributed by atoms with Gasteiger partial charge in [0.25, 0.3) is 0 Å². The molecule has 2 nitrogen and oxygen atoms in total. The maximum atomic E-state index is 5.57. The molecule has 0 saturated carbocycles. The molecule has 0 aliphatic carbocycles. The summed E-state index contributed by atoms with van der Waals surface area (Å²) in [5.41, 5.74) is 1.05. The van der Waals surface area contributed by atoms with E-state index in [1.54, 1.807) is 0 Å². The van der Waals surface area contributed by atoms with Crippen molar-refractivity contribution >= 4 is 5.90 Å². The summed E-state index contributed by atoms with van der Waals surface area (Å²) in [6.07, 6.45) is 8.37. The van der Waals surface area contributed by atoms with Gasteiger partial charge in [-0.15, -0.1) is 0 Å². The third-order valence-corrected chi connectivity index (χ3v) is 1.88. The quantitative estimate of drug-likeness (QED) is 0.659. The molecule has 0 aromatic heterocycles. The molecule has 1 rings (SSSR count). The van der Waals surface area contributed by atoms with Gasteiger partial charge >= 0.3 is 0 Å². The highest BCUT2D eigenvalue weighted by molar-refractivity contribution is 5.88. The molecule has 0 saturated heterocycles. The zero-order valence-electron chi connectivity index (χ0n) is 9.29. The Morgan fingerprint density at radius 3 is 2.93 bits per heavy atom. The molecule has 78 valence electrons. The zero-order chi connectivity index (χ0) is 10.4. The molecule has 0 fully saturated rings.